The molecule has 1 atom stereocenters. The summed E-state index contributed by atoms with van der Waals surface area (Å²) < 4.78 is 2.07. The first-order chi connectivity index (χ1) is 13.0. The molecule has 1 unspecified atom stereocenters. The van der Waals surface area contributed by atoms with E-state index in [1.165, 1.54) is 5.56 Å². The van der Waals surface area contributed by atoms with Crippen LogP contribution in [0.4, 0.5) is 0 Å². The molecule has 0 aromatic carbocycles. The molecule has 2 aromatic heterocycles. The van der Waals surface area contributed by atoms with E-state index in [-0.39, 0.29) is 17.9 Å². The average Bonchev–Trinajstić information content (AvgIpc) is 3.27. The molecule has 7 heteroatoms. The minimum absolute atomic E-state index is 0.0512. The van der Waals surface area contributed by atoms with Gasteiger partial charge in [-0.1, -0.05) is 19.9 Å². The van der Waals surface area contributed by atoms with Gasteiger partial charge in [0.1, 0.15) is 5.65 Å². The second-order valence-corrected chi connectivity index (χ2v) is 7.47. The van der Waals surface area contributed by atoms with Gasteiger partial charge in [-0.15, -0.1) is 0 Å². The molecule has 3 rings (SSSR count). The van der Waals surface area contributed by atoms with Crippen LogP contribution in [0.15, 0.2) is 29.5 Å². The highest BCUT2D eigenvalue weighted by atomic mass is 16.2. The number of imidazole rings is 1. The van der Waals surface area contributed by atoms with E-state index in [9.17, 15) is 4.79 Å². The molecule has 1 saturated heterocycles. The Kier molecular flexibility index (Phi) is 5.98. The number of aliphatic imine (C=N–C) groups is 1. The molecule has 3 heterocycles. The minimum Gasteiger partial charge on any atom is -0.356 e. The predicted molar refractivity (Wildman–Crippen MR) is 108 cm³/mol. The third-order valence-corrected chi connectivity index (χ3v) is 4.96. The Balaban J connectivity index is 1.48. The van der Waals surface area contributed by atoms with Crippen molar-refractivity contribution in [2.75, 3.05) is 26.7 Å². The van der Waals surface area contributed by atoms with E-state index in [2.05, 4.69) is 39.2 Å². The SMILES string of the molecule is CN=C(NCCc1cn2cccc(C)c2n1)NC1CCN(C(=O)C(C)C)C1. The van der Waals surface area contributed by atoms with E-state index >= 15 is 0 Å². The van der Waals surface area contributed by atoms with Gasteiger partial charge in [-0.2, -0.15) is 0 Å². The van der Waals surface area contributed by atoms with Gasteiger partial charge in [0, 0.05) is 57.5 Å². The van der Waals surface area contributed by atoms with Crippen LogP contribution in [0.3, 0.4) is 0 Å². The van der Waals surface area contributed by atoms with E-state index < -0.39 is 0 Å². The fraction of sp³-hybridized carbons (Fsp3) is 0.550. The van der Waals surface area contributed by atoms with Crippen LogP contribution in [-0.4, -0.2) is 58.9 Å². The Hall–Kier alpha value is -2.57. The number of carbonyl (C=O) groups excluding carboxylic acids is 1. The number of hydrogen-bond donors (Lipinski definition) is 2. The lowest BCUT2D eigenvalue weighted by atomic mass is 10.2. The highest BCUT2D eigenvalue weighted by Crippen LogP contribution is 2.13. The molecule has 146 valence electrons. The molecule has 2 N–H and O–H groups in total. The van der Waals surface area contributed by atoms with E-state index in [1.807, 2.05) is 31.0 Å². The molecule has 0 aliphatic carbocycles. The van der Waals surface area contributed by atoms with Crippen molar-refractivity contribution in [2.45, 2.75) is 39.7 Å². The summed E-state index contributed by atoms with van der Waals surface area (Å²) in [7, 11) is 1.77. The second kappa shape index (κ2) is 8.41. The van der Waals surface area contributed by atoms with Gasteiger partial charge in [-0.3, -0.25) is 9.79 Å². The lowest BCUT2D eigenvalue weighted by molar-refractivity contribution is -0.133. The number of pyridine rings is 1. The van der Waals surface area contributed by atoms with E-state index in [4.69, 9.17) is 4.98 Å². The van der Waals surface area contributed by atoms with E-state index in [1.54, 1.807) is 7.05 Å². The van der Waals surface area contributed by atoms with Gasteiger partial charge in [0.15, 0.2) is 5.96 Å². The van der Waals surface area contributed by atoms with Crippen molar-refractivity contribution in [3.8, 4) is 0 Å². The van der Waals surface area contributed by atoms with Gasteiger partial charge in [0.25, 0.3) is 0 Å². The van der Waals surface area contributed by atoms with Crippen LogP contribution in [0.5, 0.6) is 0 Å². The first-order valence-electron chi connectivity index (χ1n) is 9.67. The van der Waals surface area contributed by atoms with E-state index in [0.717, 1.165) is 49.8 Å². The first kappa shape index (κ1) is 19.2. The van der Waals surface area contributed by atoms with Crippen LogP contribution in [-0.2, 0) is 11.2 Å². The number of nitrogens with one attached hydrogen (secondary N) is 2. The number of fused-ring (bicyclic) bond motifs is 1. The number of rotatable bonds is 5. The Labute approximate surface area is 160 Å². The van der Waals surface area contributed by atoms with Gasteiger partial charge < -0.3 is 19.9 Å². The van der Waals surface area contributed by atoms with Crippen LogP contribution in [0.25, 0.3) is 5.65 Å². The first-order valence-corrected chi connectivity index (χ1v) is 9.67. The molecule has 2 aromatic rings. The molecule has 1 fully saturated rings. The zero-order chi connectivity index (χ0) is 19.4. The van der Waals surface area contributed by atoms with Crippen molar-refractivity contribution in [3.63, 3.8) is 0 Å². The van der Waals surface area contributed by atoms with Gasteiger partial charge in [0.05, 0.1) is 5.69 Å². The molecule has 1 aliphatic rings. The van der Waals surface area contributed by atoms with Gasteiger partial charge >= 0.3 is 0 Å². The van der Waals surface area contributed by atoms with Crippen LogP contribution < -0.4 is 10.6 Å². The number of guanidine groups is 1. The van der Waals surface area contributed by atoms with Crippen LogP contribution in [0.2, 0.25) is 0 Å². The van der Waals surface area contributed by atoms with Crippen molar-refractivity contribution in [3.05, 3.63) is 35.8 Å². The molecule has 0 saturated carbocycles. The zero-order valence-electron chi connectivity index (χ0n) is 16.7. The largest absolute Gasteiger partial charge is 0.356 e. The molecule has 7 nitrogen and oxygen atoms in total. The number of likely N-dealkylation sites (tertiary alicyclic amines) is 1. The number of amides is 1. The summed E-state index contributed by atoms with van der Waals surface area (Å²) in [4.78, 5) is 23.1. The molecule has 1 amide bonds. The van der Waals surface area contributed by atoms with Crippen LogP contribution >= 0.6 is 0 Å². The molecule has 0 spiro atoms. The predicted octanol–water partition coefficient (Wildman–Crippen LogP) is 1.61. The summed E-state index contributed by atoms with van der Waals surface area (Å²) in [6.45, 7) is 8.28. The van der Waals surface area contributed by atoms with Crippen LogP contribution in [0.1, 0.15) is 31.5 Å². The number of carbonyl (C=O) groups is 1. The monoisotopic (exact) mass is 370 g/mol. The smallest absolute Gasteiger partial charge is 0.225 e. The lowest BCUT2D eigenvalue weighted by Crippen LogP contribution is -2.45. The fourth-order valence-electron chi connectivity index (χ4n) is 3.47. The molecule has 1 aliphatic heterocycles. The lowest BCUT2D eigenvalue weighted by Gasteiger charge is -2.20. The normalized spacial score (nSPS) is 17.7. The quantitative estimate of drug-likeness (QED) is 0.619. The van der Waals surface area contributed by atoms with E-state index in [0.29, 0.717) is 0 Å². The zero-order valence-corrected chi connectivity index (χ0v) is 16.7. The fourth-order valence-corrected chi connectivity index (χ4v) is 3.47. The maximum absolute atomic E-state index is 12.1. The summed E-state index contributed by atoms with van der Waals surface area (Å²) in [5.41, 5.74) is 3.24. The number of hydrogen-bond acceptors (Lipinski definition) is 3. The second-order valence-electron chi connectivity index (χ2n) is 7.47. The minimum atomic E-state index is 0.0512. The number of nitrogens with zero attached hydrogens (tertiary/aromatic N) is 4. The Bertz CT molecular complexity index is 825. The van der Waals surface area contributed by atoms with Crippen molar-refractivity contribution in [1.82, 2.24) is 24.9 Å². The average molecular weight is 371 g/mol. The topological polar surface area (TPSA) is 74.0 Å². The summed E-state index contributed by atoms with van der Waals surface area (Å²) in [6, 6.07) is 4.36. The summed E-state index contributed by atoms with van der Waals surface area (Å²) in [6.07, 6.45) is 5.87. The Morgan fingerprint density at radius 2 is 2.26 bits per heavy atom. The standard InChI is InChI=1S/C20H30N6O/c1-14(2)19(27)26-11-8-17(13-26)24-20(21-4)22-9-7-16-12-25-10-5-6-15(3)18(25)23-16/h5-6,10,12,14,17H,7-9,11,13H2,1-4H3,(H2,21,22,24). The summed E-state index contributed by atoms with van der Waals surface area (Å²) >= 11 is 0. The molecular weight excluding hydrogens is 340 g/mol. The van der Waals surface area contributed by atoms with Gasteiger partial charge in [-0.25, -0.2) is 4.98 Å². The van der Waals surface area contributed by atoms with Crippen molar-refractivity contribution >= 4 is 17.5 Å². The summed E-state index contributed by atoms with van der Waals surface area (Å²) in [5.74, 6) is 1.05. The van der Waals surface area contributed by atoms with Crippen molar-refractivity contribution in [2.24, 2.45) is 10.9 Å². The Morgan fingerprint density at radius 3 is 2.96 bits per heavy atom. The maximum atomic E-state index is 12.1. The third kappa shape index (κ3) is 4.59. The third-order valence-electron chi connectivity index (χ3n) is 4.96. The maximum Gasteiger partial charge on any atom is 0.225 e. The molecular formula is C20H30N6O. The molecule has 27 heavy (non-hydrogen) atoms. The van der Waals surface area contributed by atoms with Crippen molar-refractivity contribution < 1.29 is 4.79 Å². The highest BCUT2D eigenvalue weighted by Gasteiger charge is 2.27. The van der Waals surface area contributed by atoms with Gasteiger partial charge in [-0.05, 0) is 25.0 Å². The number of aryl methyl sites for hydroxylation is 1. The molecule has 0 radical (unpaired) electrons. The van der Waals surface area contributed by atoms with Crippen LogP contribution in [0, 0.1) is 12.8 Å². The highest BCUT2D eigenvalue weighted by molar-refractivity contribution is 5.81. The Morgan fingerprint density at radius 1 is 1.44 bits per heavy atom. The summed E-state index contributed by atoms with van der Waals surface area (Å²) in [5, 5.41) is 6.79. The number of aromatic nitrogens is 2. The van der Waals surface area contributed by atoms with Crippen molar-refractivity contribution in [1.29, 1.82) is 0 Å². The molecule has 0 bridgehead atoms. The van der Waals surface area contributed by atoms with Gasteiger partial charge in [0.2, 0.25) is 5.91 Å².